The summed E-state index contributed by atoms with van der Waals surface area (Å²) in [6.45, 7) is 3.38. The molecule has 7 nitrogen and oxygen atoms in total. The van der Waals surface area contributed by atoms with Gasteiger partial charge in [0, 0.05) is 18.8 Å². The zero-order valence-electron chi connectivity index (χ0n) is 10.9. The van der Waals surface area contributed by atoms with Gasteiger partial charge in [0.2, 0.25) is 0 Å². The first kappa shape index (κ1) is 13.0. The highest BCUT2D eigenvalue weighted by Crippen LogP contribution is 2.11. The molecule has 100 valence electrons. The lowest BCUT2D eigenvalue weighted by Crippen LogP contribution is -2.26. The Balaban J connectivity index is 2.54. The summed E-state index contributed by atoms with van der Waals surface area (Å²) >= 11 is 0. The Morgan fingerprint density at radius 1 is 1.42 bits per heavy atom. The van der Waals surface area contributed by atoms with Crippen LogP contribution in [0, 0.1) is 13.8 Å². The van der Waals surface area contributed by atoms with E-state index in [0.29, 0.717) is 17.1 Å². The molecule has 1 N–H and O–H groups in total. The fourth-order valence-corrected chi connectivity index (χ4v) is 2.04. The first-order valence-electron chi connectivity index (χ1n) is 5.69. The molecule has 0 saturated heterocycles. The van der Waals surface area contributed by atoms with Crippen LogP contribution in [-0.4, -0.2) is 30.4 Å². The molecule has 7 heteroatoms. The van der Waals surface area contributed by atoms with E-state index in [-0.39, 0.29) is 17.7 Å². The van der Waals surface area contributed by atoms with Crippen molar-refractivity contribution in [3.63, 3.8) is 0 Å². The summed E-state index contributed by atoms with van der Waals surface area (Å²) in [5.74, 6) is -0.578. The van der Waals surface area contributed by atoms with Gasteiger partial charge in [0.1, 0.15) is 6.33 Å². The van der Waals surface area contributed by atoms with Crippen LogP contribution in [0.3, 0.4) is 0 Å². The molecular formula is C12H14N4O3. The molecule has 2 aromatic rings. The minimum atomic E-state index is -1.04. The quantitative estimate of drug-likeness (QED) is 0.861. The topological polar surface area (TPSA) is 90.0 Å². The van der Waals surface area contributed by atoms with Crippen LogP contribution in [-0.2, 0) is 13.6 Å². The van der Waals surface area contributed by atoms with E-state index in [4.69, 9.17) is 0 Å². The van der Waals surface area contributed by atoms with Gasteiger partial charge >= 0.3 is 5.97 Å². The minimum Gasteiger partial charge on any atom is -0.478 e. The molecule has 2 aromatic heterocycles. The second kappa shape index (κ2) is 4.68. The maximum absolute atomic E-state index is 12.0. The Morgan fingerprint density at radius 2 is 2.11 bits per heavy atom. The Morgan fingerprint density at radius 3 is 2.63 bits per heavy atom. The first-order valence-corrected chi connectivity index (χ1v) is 5.69. The molecule has 0 atom stereocenters. The van der Waals surface area contributed by atoms with Crippen molar-refractivity contribution < 1.29 is 9.90 Å². The molecule has 0 aliphatic rings. The molecule has 0 aromatic carbocycles. The summed E-state index contributed by atoms with van der Waals surface area (Å²) in [6, 6.07) is 1.32. The van der Waals surface area contributed by atoms with Crippen molar-refractivity contribution in [1.29, 1.82) is 0 Å². The van der Waals surface area contributed by atoms with Crippen LogP contribution < -0.4 is 5.56 Å². The zero-order chi connectivity index (χ0) is 14.2. The van der Waals surface area contributed by atoms with E-state index >= 15 is 0 Å². The molecule has 0 aliphatic heterocycles. The van der Waals surface area contributed by atoms with Crippen LogP contribution in [0.5, 0.6) is 0 Å². The summed E-state index contributed by atoms with van der Waals surface area (Å²) in [5, 5.41) is 13.3. The van der Waals surface area contributed by atoms with Crippen molar-refractivity contribution in [3.8, 4) is 0 Å². The summed E-state index contributed by atoms with van der Waals surface area (Å²) < 4.78 is 2.90. The fourth-order valence-electron chi connectivity index (χ4n) is 2.04. The van der Waals surface area contributed by atoms with Gasteiger partial charge in [-0.2, -0.15) is 5.10 Å². The van der Waals surface area contributed by atoms with E-state index in [1.807, 2.05) is 0 Å². The number of aromatic nitrogens is 4. The average Bonchev–Trinajstić information content (AvgIpc) is 2.69. The number of rotatable bonds is 3. The predicted molar refractivity (Wildman–Crippen MR) is 67.2 cm³/mol. The van der Waals surface area contributed by atoms with Crippen molar-refractivity contribution in [1.82, 2.24) is 19.3 Å². The number of pyridine rings is 1. The van der Waals surface area contributed by atoms with Crippen LogP contribution in [0.4, 0.5) is 0 Å². The Bertz CT molecular complexity index is 699. The van der Waals surface area contributed by atoms with E-state index in [9.17, 15) is 14.7 Å². The van der Waals surface area contributed by atoms with Crippen LogP contribution in [0.25, 0.3) is 0 Å². The first-order chi connectivity index (χ1) is 8.90. The van der Waals surface area contributed by atoms with Crippen LogP contribution >= 0.6 is 0 Å². The van der Waals surface area contributed by atoms with Crippen LogP contribution in [0.15, 0.2) is 17.2 Å². The van der Waals surface area contributed by atoms with Gasteiger partial charge in [-0.3, -0.25) is 9.48 Å². The second-order valence-electron chi connectivity index (χ2n) is 4.35. The standard InChI is InChI=1S/C12H14N4O3/c1-7-4-10(17)16(8(2)11(7)12(18)19)5-9-13-6-15(3)14-9/h4,6H,5H2,1-3H3,(H,18,19). The smallest absolute Gasteiger partial charge is 0.337 e. The Labute approximate surface area is 109 Å². The van der Waals surface area contributed by atoms with Gasteiger partial charge in [-0.25, -0.2) is 9.78 Å². The van der Waals surface area contributed by atoms with E-state index in [1.165, 1.54) is 21.6 Å². The molecule has 0 radical (unpaired) electrons. The normalized spacial score (nSPS) is 10.7. The molecule has 2 heterocycles. The number of hydrogen-bond donors (Lipinski definition) is 1. The SMILES string of the molecule is Cc1cc(=O)n(Cc2ncn(C)n2)c(C)c1C(=O)O. The molecule has 19 heavy (non-hydrogen) atoms. The van der Waals surface area contributed by atoms with Gasteiger partial charge in [-0.1, -0.05) is 0 Å². The van der Waals surface area contributed by atoms with E-state index in [1.54, 1.807) is 20.9 Å². The number of carbonyl (C=O) groups is 1. The molecule has 0 bridgehead atoms. The number of hydrogen-bond acceptors (Lipinski definition) is 4. The number of aromatic carboxylic acids is 1. The predicted octanol–water partition coefficient (Wildman–Crippen LogP) is 0.340. The molecule has 0 saturated carbocycles. The van der Waals surface area contributed by atoms with Gasteiger partial charge < -0.3 is 9.67 Å². The molecule has 2 rings (SSSR count). The third-order valence-corrected chi connectivity index (χ3v) is 2.93. The largest absolute Gasteiger partial charge is 0.478 e. The van der Waals surface area contributed by atoms with E-state index < -0.39 is 5.97 Å². The van der Waals surface area contributed by atoms with Crippen molar-refractivity contribution in [3.05, 3.63) is 45.4 Å². The number of carboxylic acids is 1. The monoisotopic (exact) mass is 262 g/mol. The van der Waals surface area contributed by atoms with Crippen molar-refractivity contribution >= 4 is 5.97 Å². The van der Waals surface area contributed by atoms with Crippen LogP contribution in [0.2, 0.25) is 0 Å². The number of carboxylic acid groups (broad SMARTS) is 1. The van der Waals surface area contributed by atoms with Crippen molar-refractivity contribution in [2.75, 3.05) is 0 Å². The molecule has 0 spiro atoms. The Kier molecular flexibility index (Phi) is 3.20. The van der Waals surface area contributed by atoms with Gasteiger partial charge in [-0.05, 0) is 19.4 Å². The number of aryl methyl sites for hydroxylation is 2. The summed E-state index contributed by atoms with van der Waals surface area (Å²) in [6.07, 6.45) is 1.53. The van der Waals surface area contributed by atoms with E-state index in [2.05, 4.69) is 10.1 Å². The van der Waals surface area contributed by atoms with Gasteiger partial charge in [0.05, 0.1) is 12.1 Å². The summed E-state index contributed by atoms with van der Waals surface area (Å²) in [5.41, 5.74) is 0.758. The summed E-state index contributed by atoms with van der Waals surface area (Å²) in [7, 11) is 1.73. The third kappa shape index (κ3) is 2.40. The fraction of sp³-hybridized carbons (Fsp3) is 0.333. The molecule has 0 amide bonds. The lowest BCUT2D eigenvalue weighted by molar-refractivity contribution is 0.0694. The van der Waals surface area contributed by atoms with Gasteiger partial charge in [0.25, 0.3) is 5.56 Å². The highest BCUT2D eigenvalue weighted by molar-refractivity contribution is 5.90. The van der Waals surface area contributed by atoms with Crippen LogP contribution in [0.1, 0.15) is 27.4 Å². The Hall–Kier alpha value is -2.44. The average molecular weight is 262 g/mol. The molecule has 0 unspecified atom stereocenters. The van der Waals surface area contributed by atoms with Gasteiger partial charge in [-0.15, -0.1) is 0 Å². The third-order valence-electron chi connectivity index (χ3n) is 2.93. The maximum atomic E-state index is 12.0. The van der Waals surface area contributed by atoms with Gasteiger partial charge in [0.15, 0.2) is 5.82 Å². The molecule has 0 fully saturated rings. The maximum Gasteiger partial charge on any atom is 0.337 e. The van der Waals surface area contributed by atoms with E-state index in [0.717, 1.165) is 0 Å². The molecular weight excluding hydrogens is 248 g/mol. The lowest BCUT2D eigenvalue weighted by atomic mass is 10.1. The highest BCUT2D eigenvalue weighted by Gasteiger charge is 2.16. The molecule has 0 aliphatic carbocycles. The minimum absolute atomic E-state index is 0.149. The number of nitrogens with zero attached hydrogens (tertiary/aromatic N) is 4. The van der Waals surface area contributed by atoms with Crippen molar-refractivity contribution in [2.45, 2.75) is 20.4 Å². The highest BCUT2D eigenvalue weighted by atomic mass is 16.4. The second-order valence-corrected chi connectivity index (χ2v) is 4.35. The lowest BCUT2D eigenvalue weighted by Gasteiger charge is -2.12. The summed E-state index contributed by atoms with van der Waals surface area (Å²) in [4.78, 5) is 27.2. The zero-order valence-corrected chi connectivity index (χ0v) is 10.9. The van der Waals surface area contributed by atoms with Crippen molar-refractivity contribution in [2.24, 2.45) is 7.05 Å².